The van der Waals surface area contributed by atoms with Crippen LogP contribution in [0.1, 0.15) is 30.9 Å². The maximum Gasteiger partial charge on any atom is 0.248 e. The van der Waals surface area contributed by atoms with E-state index in [9.17, 15) is 4.79 Å². The third kappa shape index (κ3) is 5.37. The van der Waals surface area contributed by atoms with Crippen molar-refractivity contribution in [2.45, 2.75) is 38.5 Å². The van der Waals surface area contributed by atoms with Gasteiger partial charge >= 0.3 is 0 Å². The number of aryl methyl sites for hydroxylation is 1. The summed E-state index contributed by atoms with van der Waals surface area (Å²) >= 11 is 3.39. The van der Waals surface area contributed by atoms with E-state index in [1.165, 1.54) is 22.5 Å². The predicted octanol–water partition coefficient (Wildman–Crippen LogP) is 5.04. The summed E-state index contributed by atoms with van der Waals surface area (Å²) in [4.78, 5) is 17.4. The number of hydrogen-bond donors (Lipinski definition) is 0. The van der Waals surface area contributed by atoms with Gasteiger partial charge in [0.1, 0.15) is 0 Å². The van der Waals surface area contributed by atoms with Crippen LogP contribution in [0, 0.1) is 12.3 Å². The molecule has 0 spiro atoms. The molecule has 28 heavy (non-hydrogen) atoms. The molecule has 0 N–H and O–H groups in total. The molecule has 1 aromatic heterocycles. The van der Waals surface area contributed by atoms with Gasteiger partial charge in [0.2, 0.25) is 5.91 Å². The van der Waals surface area contributed by atoms with E-state index in [0.717, 1.165) is 34.6 Å². The first kappa shape index (κ1) is 20.4. The number of carbonyl (C=O) groups excluding carboxylic acids is 1. The maximum absolute atomic E-state index is 12.4. The fraction of sp³-hybridized carbons (Fsp3) is 0.304. The zero-order valence-corrected chi connectivity index (χ0v) is 17.7. The van der Waals surface area contributed by atoms with Gasteiger partial charge in [-0.25, -0.2) is 0 Å². The Morgan fingerprint density at radius 3 is 2.79 bits per heavy atom. The molecule has 3 aromatic rings. The number of rotatable bonds is 8. The van der Waals surface area contributed by atoms with Gasteiger partial charge in [-0.15, -0.1) is 6.42 Å². The van der Waals surface area contributed by atoms with Crippen molar-refractivity contribution in [3.63, 3.8) is 0 Å². The minimum Gasteiger partial charge on any atom is -0.305 e. The van der Waals surface area contributed by atoms with E-state index in [0.29, 0.717) is 17.8 Å². The van der Waals surface area contributed by atoms with Gasteiger partial charge in [-0.05, 0) is 41.9 Å². The summed E-state index contributed by atoms with van der Waals surface area (Å²) in [5.74, 6) is 4.53. The molecule has 0 bridgehead atoms. The van der Waals surface area contributed by atoms with E-state index in [2.05, 4.69) is 60.3 Å². The first-order valence-corrected chi connectivity index (χ1v) is 11.4. The van der Waals surface area contributed by atoms with Crippen LogP contribution in [0.3, 0.4) is 0 Å². The number of amides is 1. The highest BCUT2D eigenvalue weighted by atomic mass is 32.2. The molecule has 0 fully saturated rings. The number of terminal acetylenes is 1. The van der Waals surface area contributed by atoms with Crippen LogP contribution in [0.2, 0.25) is 0 Å². The highest BCUT2D eigenvalue weighted by Gasteiger charge is 2.08. The van der Waals surface area contributed by atoms with Crippen molar-refractivity contribution >= 4 is 39.2 Å². The molecule has 0 aliphatic carbocycles. The van der Waals surface area contributed by atoms with Gasteiger partial charge in [0, 0.05) is 12.2 Å². The lowest BCUT2D eigenvalue weighted by Gasteiger charge is -2.02. The van der Waals surface area contributed by atoms with Crippen molar-refractivity contribution in [3.05, 3.63) is 64.5 Å². The normalized spacial score (nSPS) is 11.6. The summed E-state index contributed by atoms with van der Waals surface area (Å²) in [5, 5.41) is 0. The third-order valence-electron chi connectivity index (χ3n) is 4.42. The third-order valence-corrected chi connectivity index (χ3v) is 6.57. The molecule has 0 atom stereocenters. The summed E-state index contributed by atoms with van der Waals surface area (Å²) in [5.41, 5.74) is 3.63. The van der Waals surface area contributed by atoms with Crippen molar-refractivity contribution in [1.82, 2.24) is 4.57 Å². The molecule has 0 radical (unpaired) electrons. The number of hydrogen-bond acceptors (Lipinski definition) is 3. The largest absolute Gasteiger partial charge is 0.305 e. The predicted molar refractivity (Wildman–Crippen MR) is 120 cm³/mol. The van der Waals surface area contributed by atoms with Crippen LogP contribution >= 0.6 is 23.1 Å². The smallest absolute Gasteiger partial charge is 0.248 e. The number of aromatic nitrogens is 1. The van der Waals surface area contributed by atoms with Gasteiger partial charge in [0.15, 0.2) is 4.80 Å². The van der Waals surface area contributed by atoms with Crippen LogP contribution < -0.4 is 4.80 Å². The second-order valence-electron chi connectivity index (χ2n) is 6.48. The fourth-order valence-corrected chi connectivity index (χ4v) is 4.95. The molecule has 0 saturated carbocycles. The van der Waals surface area contributed by atoms with Gasteiger partial charge in [-0.1, -0.05) is 60.6 Å². The SMILES string of the molecule is C#CCn1c(=NC(=O)CCCSCc2ccccc2)sc2cc(CC)ccc21. The van der Waals surface area contributed by atoms with E-state index < -0.39 is 0 Å². The minimum atomic E-state index is -0.0756. The lowest BCUT2D eigenvalue weighted by Crippen LogP contribution is -2.16. The first-order chi connectivity index (χ1) is 13.7. The standard InChI is InChI=1S/C23H24N2OS2/c1-3-14-25-20-13-12-18(4-2)16-21(20)28-23(25)24-22(26)11-8-15-27-17-19-9-6-5-7-10-19/h1,5-7,9-10,12-13,16H,4,8,11,14-15,17H2,2H3. The Hall–Kier alpha value is -2.29. The van der Waals surface area contributed by atoms with Crippen molar-refractivity contribution in [1.29, 1.82) is 0 Å². The Bertz CT molecular complexity index is 1040. The van der Waals surface area contributed by atoms with E-state index in [-0.39, 0.29) is 5.91 Å². The molecular formula is C23H24N2OS2. The molecule has 3 rings (SSSR count). The van der Waals surface area contributed by atoms with Crippen molar-refractivity contribution in [2.24, 2.45) is 4.99 Å². The maximum atomic E-state index is 12.4. The van der Waals surface area contributed by atoms with Gasteiger partial charge in [-0.3, -0.25) is 4.79 Å². The zero-order chi connectivity index (χ0) is 19.8. The highest BCUT2D eigenvalue weighted by Crippen LogP contribution is 2.20. The molecule has 0 unspecified atom stereocenters. The van der Waals surface area contributed by atoms with Crippen LogP contribution in [-0.4, -0.2) is 16.2 Å². The zero-order valence-electron chi connectivity index (χ0n) is 16.1. The average molecular weight is 409 g/mol. The van der Waals surface area contributed by atoms with Crippen molar-refractivity contribution in [3.8, 4) is 12.3 Å². The van der Waals surface area contributed by atoms with Crippen LogP contribution in [0.25, 0.3) is 10.2 Å². The van der Waals surface area contributed by atoms with Crippen LogP contribution in [0.15, 0.2) is 53.5 Å². The van der Waals surface area contributed by atoms with Crippen LogP contribution in [0.5, 0.6) is 0 Å². The number of benzene rings is 2. The molecule has 0 saturated heterocycles. The Morgan fingerprint density at radius 2 is 2.04 bits per heavy atom. The topological polar surface area (TPSA) is 34.4 Å². The molecular weight excluding hydrogens is 384 g/mol. The van der Waals surface area contributed by atoms with Gasteiger partial charge in [0.05, 0.1) is 16.8 Å². The number of thiazole rings is 1. The van der Waals surface area contributed by atoms with Crippen molar-refractivity contribution in [2.75, 3.05) is 5.75 Å². The molecule has 144 valence electrons. The van der Waals surface area contributed by atoms with Gasteiger partial charge in [-0.2, -0.15) is 16.8 Å². The van der Waals surface area contributed by atoms with E-state index >= 15 is 0 Å². The summed E-state index contributed by atoms with van der Waals surface area (Å²) in [6.45, 7) is 2.55. The Kier molecular flexibility index (Phi) is 7.53. The molecule has 1 amide bonds. The quantitative estimate of drug-likeness (QED) is 0.387. The average Bonchev–Trinajstić information content (AvgIpc) is 3.05. The molecule has 1 heterocycles. The fourth-order valence-electron chi connectivity index (χ4n) is 2.92. The van der Waals surface area contributed by atoms with Crippen molar-refractivity contribution < 1.29 is 4.79 Å². The first-order valence-electron chi connectivity index (χ1n) is 9.46. The van der Waals surface area contributed by atoms with Gasteiger partial charge < -0.3 is 4.57 Å². The lowest BCUT2D eigenvalue weighted by atomic mass is 10.2. The van der Waals surface area contributed by atoms with E-state index in [1.54, 1.807) is 0 Å². The molecule has 5 heteroatoms. The Balaban J connectivity index is 1.63. The van der Waals surface area contributed by atoms with E-state index in [1.807, 2.05) is 22.4 Å². The second kappa shape index (κ2) is 10.3. The van der Waals surface area contributed by atoms with Crippen LogP contribution in [0.4, 0.5) is 0 Å². The monoisotopic (exact) mass is 408 g/mol. The lowest BCUT2D eigenvalue weighted by molar-refractivity contribution is -0.118. The molecule has 3 nitrogen and oxygen atoms in total. The number of fused-ring (bicyclic) bond motifs is 1. The Labute approximate surface area is 174 Å². The summed E-state index contributed by atoms with van der Waals surface area (Å²) in [6, 6.07) is 16.7. The Morgan fingerprint density at radius 1 is 1.21 bits per heavy atom. The summed E-state index contributed by atoms with van der Waals surface area (Å²) in [6.07, 6.45) is 7.81. The molecule has 0 aliphatic rings. The van der Waals surface area contributed by atoms with Gasteiger partial charge in [0.25, 0.3) is 0 Å². The summed E-state index contributed by atoms with van der Waals surface area (Å²) in [7, 11) is 0. The van der Waals surface area contributed by atoms with E-state index in [4.69, 9.17) is 6.42 Å². The molecule has 0 aliphatic heterocycles. The number of carbonyl (C=O) groups is 1. The minimum absolute atomic E-state index is 0.0756. The number of nitrogens with zero attached hydrogens (tertiary/aromatic N) is 2. The highest BCUT2D eigenvalue weighted by molar-refractivity contribution is 7.98. The second-order valence-corrected chi connectivity index (χ2v) is 8.59. The molecule has 2 aromatic carbocycles. The number of thioether (sulfide) groups is 1. The summed E-state index contributed by atoms with van der Waals surface area (Å²) < 4.78 is 3.08. The van der Waals surface area contributed by atoms with Crippen LogP contribution in [-0.2, 0) is 23.5 Å².